The Balaban J connectivity index is 1.76. The number of fused-ring (bicyclic) bond motifs is 1. The molecule has 5 heteroatoms. The molecule has 0 aliphatic heterocycles. The van der Waals surface area contributed by atoms with E-state index in [0.717, 1.165) is 19.3 Å². The average Bonchev–Trinajstić information content (AvgIpc) is 2.71. The molecule has 0 N–H and O–H groups in total. The highest BCUT2D eigenvalue weighted by Crippen LogP contribution is 2.19. The Bertz CT molecular complexity index is 993. The van der Waals surface area contributed by atoms with Crippen molar-refractivity contribution in [1.29, 1.82) is 0 Å². The molecule has 140 valence electrons. The Labute approximate surface area is 163 Å². The van der Waals surface area contributed by atoms with E-state index in [1.165, 1.54) is 17.3 Å². The lowest BCUT2D eigenvalue weighted by molar-refractivity contribution is 0.102. The zero-order valence-electron chi connectivity index (χ0n) is 15.8. The zero-order valence-corrected chi connectivity index (χ0v) is 16.6. The lowest BCUT2D eigenvalue weighted by atomic mass is 10.1. The van der Waals surface area contributed by atoms with Crippen molar-refractivity contribution in [3.63, 3.8) is 0 Å². The Morgan fingerprint density at radius 2 is 1.81 bits per heavy atom. The highest BCUT2D eigenvalue weighted by molar-refractivity contribution is 7.99. The molecule has 0 amide bonds. The summed E-state index contributed by atoms with van der Waals surface area (Å²) < 4.78 is 1.63. The van der Waals surface area contributed by atoms with E-state index < -0.39 is 0 Å². The molecule has 2 aromatic carbocycles. The summed E-state index contributed by atoms with van der Waals surface area (Å²) in [7, 11) is 0. The predicted molar refractivity (Wildman–Crippen MR) is 112 cm³/mol. The van der Waals surface area contributed by atoms with Gasteiger partial charge in [0.25, 0.3) is 5.56 Å². The molecule has 3 rings (SSSR count). The molecule has 27 heavy (non-hydrogen) atoms. The van der Waals surface area contributed by atoms with Crippen molar-refractivity contribution in [2.45, 2.75) is 44.8 Å². The van der Waals surface area contributed by atoms with Gasteiger partial charge in [0.1, 0.15) is 0 Å². The second-order valence-corrected chi connectivity index (χ2v) is 7.42. The molecule has 0 saturated carbocycles. The number of unbranched alkanes of at least 4 members (excludes halogenated alkanes) is 1. The second kappa shape index (κ2) is 9.00. The van der Waals surface area contributed by atoms with Crippen LogP contribution in [-0.2, 0) is 13.0 Å². The number of ketones is 1. The van der Waals surface area contributed by atoms with Crippen LogP contribution in [0.2, 0.25) is 0 Å². The standard InChI is InChI=1S/C22H24N2O2S/c1-3-5-8-16-11-13-17(14-12-16)20(25)15-27-22-23-19-10-7-6-9-18(19)21(26)24(22)4-2/h6-7,9-14H,3-5,8,15H2,1-2H3. The van der Waals surface area contributed by atoms with Gasteiger partial charge in [-0.15, -0.1) is 0 Å². The molecule has 0 aliphatic rings. The largest absolute Gasteiger partial charge is 0.293 e. The van der Waals surface area contributed by atoms with Crippen LogP contribution < -0.4 is 5.56 Å². The van der Waals surface area contributed by atoms with Crippen molar-refractivity contribution in [2.24, 2.45) is 0 Å². The predicted octanol–water partition coefficient (Wildman–Crippen LogP) is 4.73. The molecule has 0 saturated heterocycles. The summed E-state index contributed by atoms with van der Waals surface area (Å²) in [6.07, 6.45) is 3.37. The topological polar surface area (TPSA) is 52.0 Å². The third-order valence-corrected chi connectivity index (χ3v) is 5.55. The molecule has 1 aromatic heterocycles. The van der Waals surface area contributed by atoms with Crippen molar-refractivity contribution in [1.82, 2.24) is 9.55 Å². The quantitative estimate of drug-likeness (QED) is 0.322. The van der Waals surface area contributed by atoms with Crippen LogP contribution in [0.4, 0.5) is 0 Å². The summed E-state index contributed by atoms with van der Waals surface area (Å²) in [4.78, 5) is 29.8. The fraction of sp³-hybridized carbons (Fsp3) is 0.318. The van der Waals surface area contributed by atoms with Crippen LogP contribution in [0.3, 0.4) is 0 Å². The first-order valence-corrected chi connectivity index (χ1v) is 10.4. The maximum Gasteiger partial charge on any atom is 0.262 e. The minimum absolute atomic E-state index is 0.0482. The first-order valence-electron chi connectivity index (χ1n) is 9.38. The van der Waals surface area contributed by atoms with Gasteiger partial charge < -0.3 is 0 Å². The fourth-order valence-electron chi connectivity index (χ4n) is 2.99. The molecule has 1 heterocycles. The van der Waals surface area contributed by atoms with Gasteiger partial charge in [-0.3, -0.25) is 14.2 Å². The number of carbonyl (C=O) groups excluding carboxylic acids is 1. The third-order valence-electron chi connectivity index (χ3n) is 4.57. The van der Waals surface area contributed by atoms with Crippen molar-refractivity contribution in [3.05, 3.63) is 70.0 Å². The second-order valence-electron chi connectivity index (χ2n) is 6.47. The van der Waals surface area contributed by atoms with E-state index in [1.54, 1.807) is 10.6 Å². The number of hydrogen-bond donors (Lipinski definition) is 0. The van der Waals surface area contributed by atoms with E-state index >= 15 is 0 Å². The number of nitrogens with zero attached hydrogens (tertiary/aromatic N) is 2. The summed E-state index contributed by atoms with van der Waals surface area (Å²) in [6, 6.07) is 15.2. The summed E-state index contributed by atoms with van der Waals surface area (Å²) in [5.41, 5.74) is 2.58. The van der Waals surface area contributed by atoms with Gasteiger partial charge in [-0.2, -0.15) is 0 Å². The molecule has 3 aromatic rings. The van der Waals surface area contributed by atoms with Crippen LogP contribution in [0.25, 0.3) is 10.9 Å². The van der Waals surface area contributed by atoms with E-state index in [9.17, 15) is 9.59 Å². The van der Waals surface area contributed by atoms with Gasteiger partial charge >= 0.3 is 0 Å². The molecular weight excluding hydrogens is 356 g/mol. The normalized spacial score (nSPS) is 11.0. The Kier molecular flexibility index (Phi) is 6.45. The first kappa shape index (κ1) is 19.4. The molecule has 0 bridgehead atoms. The number of Topliss-reactive ketones (excluding diaryl/α,β-unsaturated/α-hetero) is 1. The minimum Gasteiger partial charge on any atom is -0.293 e. The molecule has 0 fully saturated rings. The number of para-hydroxylation sites is 1. The van der Waals surface area contributed by atoms with Crippen LogP contribution in [0.1, 0.15) is 42.6 Å². The van der Waals surface area contributed by atoms with Gasteiger partial charge in [-0.1, -0.05) is 61.5 Å². The first-order chi connectivity index (χ1) is 13.1. The molecule has 4 nitrogen and oxygen atoms in total. The minimum atomic E-state index is -0.0571. The molecule has 0 atom stereocenters. The zero-order chi connectivity index (χ0) is 19.2. The molecule has 0 spiro atoms. The van der Waals surface area contributed by atoms with Crippen molar-refractivity contribution in [2.75, 3.05) is 5.75 Å². The molecule has 0 aliphatic carbocycles. The maximum atomic E-state index is 12.6. The van der Waals surface area contributed by atoms with Gasteiger partial charge in [-0.25, -0.2) is 4.98 Å². The number of aromatic nitrogens is 2. The van der Waals surface area contributed by atoms with Gasteiger partial charge in [-0.05, 0) is 37.5 Å². The SMILES string of the molecule is CCCCc1ccc(C(=O)CSc2nc3ccccc3c(=O)n2CC)cc1. The van der Waals surface area contributed by atoms with Gasteiger partial charge in [0.2, 0.25) is 0 Å². The lowest BCUT2D eigenvalue weighted by Crippen LogP contribution is -2.22. The average molecular weight is 381 g/mol. The van der Waals surface area contributed by atoms with E-state index in [-0.39, 0.29) is 17.1 Å². The molecule has 0 radical (unpaired) electrons. The van der Waals surface area contributed by atoms with E-state index in [0.29, 0.717) is 28.2 Å². The lowest BCUT2D eigenvalue weighted by Gasteiger charge is -2.11. The maximum absolute atomic E-state index is 12.6. The summed E-state index contributed by atoms with van der Waals surface area (Å²) in [6.45, 7) is 4.61. The van der Waals surface area contributed by atoms with Crippen LogP contribution in [-0.4, -0.2) is 21.1 Å². The third kappa shape index (κ3) is 4.48. The van der Waals surface area contributed by atoms with E-state index in [2.05, 4.69) is 11.9 Å². The highest BCUT2D eigenvalue weighted by Gasteiger charge is 2.13. The number of thioether (sulfide) groups is 1. The van der Waals surface area contributed by atoms with Gasteiger partial charge in [0.15, 0.2) is 10.9 Å². The number of rotatable bonds is 8. The Hall–Kier alpha value is -2.40. The van der Waals surface area contributed by atoms with Crippen LogP contribution in [0.5, 0.6) is 0 Å². The van der Waals surface area contributed by atoms with Crippen LogP contribution >= 0.6 is 11.8 Å². The van der Waals surface area contributed by atoms with Crippen LogP contribution in [0.15, 0.2) is 58.5 Å². The van der Waals surface area contributed by atoms with E-state index in [1.807, 2.05) is 49.4 Å². The van der Waals surface area contributed by atoms with Crippen molar-refractivity contribution < 1.29 is 4.79 Å². The summed E-state index contributed by atoms with van der Waals surface area (Å²) in [5.74, 6) is 0.311. The monoisotopic (exact) mass is 380 g/mol. The Morgan fingerprint density at radius 3 is 2.52 bits per heavy atom. The number of benzene rings is 2. The number of hydrogen-bond acceptors (Lipinski definition) is 4. The fourth-order valence-corrected chi connectivity index (χ4v) is 3.95. The van der Waals surface area contributed by atoms with Gasteiger partial charge in [0, 0.05) is 12.1 Å². The van der Waals surface area contributed by atoms with Crippen molar-refractivity contribution >= 4 is 28.4 Å². The van der Waals surface area contributed by atoms with Crippen LogP contribution in [0, 0.1) is 0 Å². The highest BCUT2D eigenvalue weighted by atomic mass is 32.2. The smallest absolute Gasteiger partial charge is 0.262 e. The molecular formula is C22H24N2O2S. The summed E-state index contributed by atoms with van der Waals surface area (Å²) in [5, 5.41) is 1.20. The Morgan fingerprint density at radius 1 is 1.07 bits per heavy atom. The summed E-state index contributed by atoms with van der Waals surface area (Å²) >= 11 is 1.32. The van der Waals surface area contributed by atoms with Crippen molar-refractivity contribution in [3.8, 4) is 0 Å². The van der Waals surface area contributed by atoms with Gasteiger partial charge in [0.05, 0.1) is 16.7 Å². The number of carbonyl (C=O) groups is 1. The number of aryl methyl sites for hydroxylation is 1. The van der Waals surface area contributed by atoms with E-state index in [4.69, 9.17) is 0 Å². The molecule has 0 unspecified atom stereocenters.